The second kappa shape index (κ2) is 8.92. The van der Waals surface area contributed by atoms with Gasteiger partial charge in [0.15, 0.2) is 10.1 Å². The molecule has 2 aliphatic carbocycles. The molecule has 0 N–H and O–H groups in total. The van der Waals surface area contributed by atoms with Gasteiger partial charge in [-0.1, -0.05) is 61.0 Å². The molecule has 2 atom stereocenters. The Morgan fingerprint density at radius 2 is 1.68 bits per heavy atom. The summed E-state index contributed by atoms with van der Waals surface area (Å²) in [6.45, 7) is 0. The minimum Gasteiger partial charge on any atom is -0.293 e. The summed E-state index contributed by atoms with van der Waals surface area (Å²) in [6.07, 6.45) is 4.51. The molecule has 184 valence electrons. The summed E-state index contributed by atoms with van der Waals surface area (Å²) in [4.78, 5) is 45.1. The van der Waals surface area contributed by atoms with Crippen LogP contribution in [0.5, 0.6) is 0 Å². The zero-order valence-electron chi connectivity index (χ0n) is 20.1. The summed E-state index contributed by atoms with van der Waals surface area (Å²) in [5.41, 5.74) is 7.17. The molecule has 5 nitrogen and oxygen atoms in total. The molecule has 7 rings (SSSR count). The van der Waals surface area contributed by atoms with Gasteiger partial charge in [0, 0.05) is 5.56 Å². The van der Waals surface area contributed by atoms with Crippen molar-refractivity contribution >= 4 is 56.6 Å². The fraction of sp³-hybridized carbons (Fsp3) is 0.267. The first-order valence-electron chi connectivity index (χ1n) is 12.7. The molecule has 0 bridgehead atoms. The predicted molar refractivity (Wildman–Crippen MR) is 147 cm³/mol. The Kier molecular flexibility index (Phi) is 5.52. The second-order valence-corrected chi connectivity index (χ2v) is 12.3. The largest absolute Gasteiger partial charge is 0.293 e. The van der Waals surface area contributed by atoms with E-state index in [2.05, 4.69) is 35.3 Å². The number of carbonyl (C=O) groups is 3. The van der Waals surface area contributed by atoms with Crippen molar-refractivity contribution in [2.24, 2.45) is 11.8 Å². The molecular formula is C30H24N2O3S2. The van der Waals surface area contributed by atoms with E-state index in [0.29, 0.717) is 11.4 Å². The molecule has 2 amide bonds. The molecule has 4 aromatic rings. The zero-order chi connectivity index (χ0) is 25.1. The lowest BCUT2D eigenvalue weighted by Gasteiger charge is -2.19. The molecule has 1 aliphatic heterocycles. The van der Waals surface area contributed by atoms with Crippen LogP contribution < -0.4 is 4.90 Å². The van der Waals surface area contributed by atoms with E-state index in [1.807, 2.05) is 30.3 Å². The Hall–Kier alpha value is -3.29. The summed E-state index contributed by atoms with van der Waals surface area (Å²) in [5.74, 6) is -0.0509. The topological polar surface area (TPSA) is 67.3 Å². The van der Waals surface area contributed by atoms with Gasteiger partial charge in [0.2, 0.25) is 11.8 Å². The van der Waals surface area contributed by atoms with Crippen LogP contribution in [0.25, 0.3) is 21.3 Å². The van der Waals surface area contributed by atoms with Crippen LogP contribution in [0.15, 0.2) is 65.0 Å². The summed E-state index contributed by atoms with van der Waals surface area (Å²) in [7, 11) is 0. The van der Waals surface area contributed by atoms with Crippen molar-refractivity contribution < 1.29 is 14.4 Å². The number of ketones is 1. The zero-order valence-corrected chi connectivity index (χ0v) is 21.7. The molecule has 7 heteroatoms. The first-order valence-corrected chi connectivity index (χ1v) is 14.5. The Labute approximate surface area is 222 Å². The van der Waals surface area contributed by atoms with E-state index in [4.69, 9.17) is 0 Å². The van der Waals surface area contributed by atoms with Gasteiger partial charge in [0.05, 0.1) is 33.5 Å². The Morgan fingerprint density at radius 3 is 2.49 bits per heavy atom. The lowest BCUT2D eigenvalue weighted by atomic mass is 9.81. The lowest BCUT2D eigenvalue weighted by molar-refractivity contribution is -0.122. The van der Waals surface area contributed by atoms with E-state index in [9.17, 15) is 14.4 Å². The molecule has 1 saturated heterocycles. The number of hydrogen-bond donors (Lipinski definition) is 0. The number of hydrogen-bond acceptors (Lipinski definition) is 6. The van der Waals surface area contributed by atoms with Gasteiger partial charge < -0.3 is 0 Å². The molecule has 0 spiro atoms. The minimum atomic E-state index is -0.163. The predicted octanol–water partition coefficient (Wildman–Crippen LogP) is 6.52. The number of nitrogens with zero attached hydrogens (tertiary/aromatic N) is 2. The van der Waals surface area contributed by atoms with E-state index < -0.39 is 0 Å². The number of rotatable bonds is 5. The first-order chi connectivity index (χ1) is 18.1. The van der Waals surface area contributed by atoms with Crippen LogP contribution in [0.2, 0.25) is 0 Å². The number of fused-ring (bicyclic) bond motifs is 5. The van der Waals surface area contributed by atoms with E-state index in [1.165, 1.54) is 50.3 Å². The number of carbonyl (C=O) groups excluding carboxylic acids is 3. The molecule has 0 unspecified atom stereocenters. The quantitative estimate of drug-likeness (QED) is 0.149. The molecule has 1 aromatic heterocycles. The van der Waals surface area contributed by atoms with E-state index in [1.54, 1.807) is 0 Å². The van der Waals surface area contributed by atoms with Gasteiger partial charge in [-0.25, -0.2) is 4.98 Å². The highest BCUT2D eigenvalue weighted by Gasteiger charge is 2.48. The molecular weight excluding hydrogens is 500 g/mol. The highest BCUT2D eigenvalue weighted by atomic mass is 32.2. The normalized spacial score (nSPS) is 20.3. The maximum absolute atomic E-state index is 13.0. The Bertz CT molecular complexity index is 1580. The van der Waals surface area contributed by atoms with Gasteiger partial charge in [-0.2, -0.15) is 0 Å². The number of thioether (sulfide) groups is 1. The van der Waals surface area contributed by atoms with Gasteiger partial charge in [0.25, 0.3) is 0 Å². The number of Topliss-reactive ketones (excluding diaryl/α,β-unsaturated/α-hetero) is 1. The Balaban J connectivity index is 1.07. The fourth-order valence-corrected chi connectivity index (χ4v) is 8.03. The van der Waals surface area contributed by atoms with Crippen LogP contribution >= 0.6 is 23.1 Å². The maximum atomic E-state index is 13.0. The van der Waals surface area contributed by atoms with Crippen LogP contribution in [0.4, 0.5) is 5.69 Å². The smallest absolute Gasteiger partial charge is 0.237 e. The number of imide groups is 1. The minimum absolute atomic E-state index is 0.0591. The molecule has 3 aliphatic rings. The number of thiazole rings is 1. The van der Waals surface area contributed by atoms with Crippen molar-refractivity contribution in [3.05, 3.63) is 77.4 Å². The summed E-state index contributed by atoms with van der Waals surface area (Å²) >= 11 is 2.93. The van der Waals surface area contributed by atoms with Crippen molar-refractivity contribution in [2.45, 2.75) is 36.4 Å². The summed E-state index contributed by atoms with van der Waals surface area (Å²) in [5, 5.41) is 0. The monoisotopic (exact) mass is 524 g/mol. The molecule has 37 heavy (non-hydrogen) atoms. The number of aromatic nitrogens is 1. The van der Waals surface area contributed by atoms with Gasteiger partial charge in [0.1, 0.15) is 0 Å². The summed E-state index contributed by atoms with van der Waals surface area (Å²) < 4.78 is 1.72. The third-order valence-corrected chi connectivity index (χ3v) is 10.1. The highest BCUT2D eigenvalue weighted by Crippen LogP contribution is 2.42. The van der Waals surface area contributed by atoms with Gasteiger partial charge in [-0.3, -0.25) is 19.3 Å². The standard InChI is InChI=1S/C30H24N2O3S2/c33-26(18-9-11-22-19(14-18)13-17-5-1-2-6-21(17)22)16-36-30-31-25-12-10-20(15-27(25)37-30)32-28(34)23-7-3-4-8-24(23)29(32)35/h1-2,5-6,9-12,14-15,23-24H,3-4,7-8,13,16H2/t23-,24+. The molecule has 1 saturated carbocycles. The average Bonchev–Trinajstić information content (AvgIpc) is 3.58. The number of anilines is 1. The summed E-state index contributed by atoms with van der Waals surface area (Å²) in [6, 6.07) is 20.0. The maximum Gasteiger partial charge on any atom is 0.237 e. The average molecular weight is 525 g/mol. The van der Waals surface area contributed by atoms with Gasteiger partial charge in [-0.15, -0.1) is 11.3 Å². The van der Waals surface area contributed by atoms with Crippen molar-refractivity contribution in [3.8, 4) is 11.1 Å². The van der Waals surface area contributed by atoms with Crippen molar-refractivity contribution in [2.75, 3.05) is 10.7 Å². The van der Waals surface area contributed by atoms with Crippen LogP contribution in [0, 0.1) is 11.8 Å². The lowest BCUT2D eigenvalue weighted by Crippen LogP contribution is -2.30. The molecule has 3 aromatic carbocycles. The second-order valence-electron chi connectivity index (χ2n) is 10.1. The third-order valence-electron chi connectivity index (χ3n) is 7.89. The number of amides is 2. The molecule has 2 heterocycles. The van der Waals surface area contributed by atoms with E-state index >= 15 is 0 Å². The van der Waals surface area contributed by atoms with E-state index in [0.717, 1.165) is 52.2 Å². The van der Waals surface area contributed by atoms with Crippen molar-refractivity contribution in [1.82, 2.24) is 4.98 Å². The van der Waals surface area contributed by atoms with Crippen LogP contribution in [-0.4, -0.2) is 28.3 Å². The van der Waals surface area contributed by atoms with Crippen LogP contribution in [-0.2, 0) is 16.0 Å². The molecule has 0 radical (unpaired) electrons. The van der Waals surface area contributed by atoms with Crippen molar-refractivity contribution in [1.29, 1.82) is 0 Å². The third kappa shape index (κ3) is 3.83. The fourth-order valence-electron chi connectivity index (χ4n) is 6.04. The van der Waals surface area contributed by atoms with Crippen LogP contribution in [0.3, 0.4) is 0 Å². The highest BCUT2D eigenvalue weighted by molar-refractivity contribution is 8.01. The van der Waals surface area contributed by atoms with Crippen molar-refractivity contribution in [3.63, 3.8) is 0 Å². The Morgan fingerprint density at radius 1 is 0.919 bits per heavy atom. The molecule has 2 fully saturated rings. The first kappa shape index (κ1) is 22.9. The van der Waals surface area contributed by atoms with E-state index in [-0.39, 0.29) is 29.4 Å². The number of benzene rings is 3. The van der Waals surface area contributed by atoms with Gasteiger partial charge >= 0.3 is 0 Å². The SMILES string of the molecule is O=C(CSc1nc2ccc(N3C(=O)[C@H]4CCCC[C@H]4C3=O)cc2s1)c1ccc2c(c1)Cc1ccccc1-2. The van der Waals surface area contributed by atoms with Crippen LogP contribution in [0.1, 0.15) is 47.2 Å². The van der Waals surface area contributed by atoms with Gasteiger partial charge in [-0.05, 0) is 65.8 Å².